The summed E-state index contributed by atoms with van der Waals surface area (Å²) in [6, 6.07) is 17.0. The molecule has 4 nitrogen and oxygen atoms in total. The molecule has 106 valence electrons. The van der Waals surface area contributed by atoms with Crippen LogP contribution in [0.3, 0.4) is 0 Å². The molecule has 0 saturated heterocycles. The Balaban J connectivity index is 1.68. The van der Waals surface area contributed by atoms with E-state index in [2.05, 4.69) is 0 Å². The predicted molar refractivity (Wildman–Crippen MR) is 78.5 cm³/mol. The van der Waals surface area contributed by atoms with Gasteiger partial charge in [-0.15, -0.1) is 0 Å². The fraction of sp³-hybridized carbons (Fsp3) is 0.250. The maximum Gasteiger partial charge on any atom is 0.142 e. The number of nitrogen functional groups attached to an aromatic ring is 1. The first-order valence-corrected chi connectivity index (χ1v) is 6.53. The highest BCUT2D eigenvalue weighted by Crippen LogP contribution is 2.19. The van der Waals surface area contributed by atoms with Crippen LogP contribution in [0.1, 0.15) is 5.56 Å². The third-order valence-corrected chi connectivity index (χ3v) is 2.77. The zero-order chi connectivity index (χ0) is 14.2. The molecule has 0 aromatic heterocycles. The Hall–Kier alpha value is -2.04. The lowest BCUT2D eigenvalue weighted by atomic mass is 10.2. The van der Waals surface area contributed by atoms with Gasteiger partial charge in [0.2, 0.25) is 0 Å². The Bertz CT molecular complexity index is 516. The lowest BCUT2D eigenvalue weighted by Crippen LogP contribution is -2.23. The molecule has 2 aromatic carbocycles. The van der Waals surface area contributed by atoms with E-state index in [4.69, 9.17) is 15.2 Å². The molecule has 0 aliphatic heterocycles. The third-order valence-electron chi connectivity index (χ3n) is 2.77. The Morgan fingerprint density at radius 1 is 0.950 bits per heavy atom. The third kappa shape index (κ3) is 4.57. The molecule has 0 saturated carbocycles. The number of nitrogens with two attached hydrogens (primary N) is 1. The van der Waals surface area contributed by atoms with Crippen LogP contribution in [0.25, 0.3) is 0 Å². The molecule has 0 radical (unpaired) electrons. The Morgan fingerprint density at radius 3 is 2.40 bits per heavy atom. The summed E-state index contributed by atoms with van der Waals surface area (Å²) in [4.78, 5) is 0. The first-order chi connectivity index (χ1) is 9.75. The van der Waals surface area contributed by atoms with E-state index in [0.717, 1.165) is 5.56 Å². The van der Waals surface area contributed by atoms with E-state index in [-0.39, 0.29) is 13.2 Å². The number of hydrogen-bond donors (Lipinski definition) is 2. The van der Waals surface area contributed by atoms with Crippen molar-refractivity contribution < 1.29 is 14.6 Å². The quantitative estimate of drug-likeness (QED) is 0.759. The fourth-order valence-corrected chi connectivity index (χ4v) is 1.73. The van der Waals surface area contributed by atoms with Crippen molar-refractivity contribution in [2.75, 3.05) is 18.9 Å². The van der Waals surface area contributed by atoms with Crippen LogP contribution in [0.4, 0.5) is 5.69 Å². The molecule has 0 fully saturated rings. The number of aliphatic hydroxyl groups excluding tert-OH is 1. The normalized spacial score (nSPS) is 12.1. The maximum absolute atomic E-state index is 9.79. The highest BCUT2D eigenvalue weighted by molar-refractivity contribution is 5.51. The van der Waals surface area contributed by atoms with Crippen molar-refractivity contribution in [3.05, 3.63) is 60.2 Å². The SMILES string of the molecule is Nc1ccccc1OCC(O)COCc1ccccc1. The number of ether oxygens (including phenoxy) is 2. The number of rotatable bonds is 7. The highest BCUT2D eigenvalue weighted by atomic mass is 16.5. The minimum Gasteiger partial charge on any atom is -0.489 e. The van der Waals surface area contributed by atoms with Crippen LogP contribution in [0.15, 0.2) is 54.6 Å². The lowest BCUT2D eigenvalue weighted by Gasteiger charge is -2.14. The minimum atomic E-state index is -0.682. The Kier molecular flexibility index (Phi) is 5.41. The van der Waals surface area contributed by atoms with Gasteiger partial charge in [-0.1, -0.05) is 42.5 Å². The summed E-state index contributed by atoms with van der Waals surface area (Å²) in [5.41, 5.74) is 7.38. The summed E-state index contributed by atoms with van der Waals surface area (Å²) in [6.07, 6.45) is -0.682. The summed E-state index contributed by atoms with van der Waals surface area (Å²) < 4.78 is 10.9. The van der Waals surface area contributed by atoms with Crippen molar-refractivity contribution in [2.24, 2.45) is 0 Å². The summed E-state index contributed by atoms with van der Waals surface area (Å²) >= 11 is 0. The summed E-state index contributed by atoms with van der Waals surface area (Å²) in [5.74, 6) is 0.578. The van der Waals surface area contributed by atoms with Gasteiger partial charge >= 0.3 is 0 Å². The molecule has 20 heavy (non-hydrogen) atoms. The van der Waals surface area contributed by atoms with E-state index in [1.165, 1.54) is 0 Å². The molecule has 2 rings (SSSR count). The van der Waals surface area contributed by atoms with E-state index in [1.54, 1.807) is 12.1 Å². The zero-order valence-corrected chi connectivity index (χ0v) is 11.2. The van der Waals surface area contributed by atoms with Gasteiger partial charge in [0.05, 0.1) is 18.9 Å². The topological polar surface area (TPSA) is 64.7 Å². The first kappa shape index (κ1) is 14.4. The standard InChI is InChI=1S/C16H19NO3/c17-15-8-4-5-9-16(15)20-12-14(18)11-19-10-13-6-2-1-3-7-13/h1-9,14,18H,10-12,17H2. The van der Waals surface area contributed by atoms with Gasteiger partial charge in [-0.2, -0.15) is 0 Å². The summed E-state index contributed by atoms with van der Waals surface area (Å²) in [6.45, 7) is 0.857. The zero-order valence-electron chi connectivity index (χ0n) is 11.2. The number of benzene rings is 2. The van der Waals surface area contributed by atoms with E-state index in [0.29, 0.717) is 18.0 Å². The first-order valence-electron chi connectivity index (χ1n) is 6.53. The average molecular weight is 273 g/mol. The fourth-order valence-electron chi connectivity index (χ4n) is 1.73. The number of para-hydroxylation sites is 2. The highest BCUT2D eigenvalue weighted by Gasteiger charge is 2.07. The van der Waals surface area contributed by atoms with Crippen molar-refractivity contribution >= 4 is 5.69 Å². The summed E-state index contributed by atoms with van der Waals surface area (Å²) in [5, 5.41) is 9.79. The average Bonchev–Trinajstić information content (AvgIpc) is 2.47. The van der Waals surface area contributed by atoms with Crippen LogP contribution in [0.2, 0.25) is 0 Å². The lowest BCUT2D eigenvalue weighted by molar-refractivity contribution is 0.00563. The molecule has 4 heteroatoms. The second kappa shape index (κ2) is 7.53. The van der Waals surface area contributed by atoms with Crippen LogP contribution >= 0.6 is 0 Å². The van der Waals surface area contributed by atoms with Crippen molar-refractivity contribution in [1.82, 2.24) is 0 Å². The molecule has 0 aliphatic rings. The minimum absolute atomic E-state index is 0.156. The van der Waals surface area contributed by atoms with Gasteiger partial charge in [-0.05, 0) is 17.7 Å². The molecular weight excluding hydrogens is 254 g/mol. The molecule has 0 bridgehead atoms. The molecular formula is C16H19NO3. The second-order valence-electron chi connectivity index (χ2n) is 4.50. The van der Waals surface area contributed by atoms with E-state index < -0.39 is 6.10 Å². The van der Waals surface area contributed by atoms with Crippen molar-refractivity contribution in [1.29, 1.82) is 0 Å². The Labute approximate surface area is 118 Å². The van der Waals surface area contributed by atoms with E-state index in [1.807, 2.05) is 42.5 Å². The van der Waals surface area contributed by atoms with Crippen LogP contribution < -0.4 is 10.5 Å². The van der Waals surface area contributed by atoms with Crippen molar-refractivity contribution in [3.8, 4) is 5.75 Å². The van der Waals surface area contributed by atoms with E-state index in [9.17, 15) is 5.11 Å². The molecule has 1 unspecified atom stereocenters. The molecule has 2 aromatic rings. The second-order valence-corrected chi connectivity index (χ2v) is 4.50. The monoisotopic (exact) mass is 273 g/mol. The largest absolute Gasteiger partial charge is 0.489 e. The molecule has 3 N–H and O–H groups in total. The van der Waals surface area contributed by atoms with Crippen LogP contribution in [0.5, 0.6) is 5.75 Å². The molecule has 0 heterocycles. The predicted octanol–water partition coefficient (Wildman–Crippen LogP) is 2.23. The number of anilines is 1. The number of aliphatic hydroxyl groups is 1. The van der Waals surface area contributed by atoms with Crippen LogP contribution in [-0.4, -0.2) is 24.4 Å². The molecule has 0 aliphatic carbocycles. The van der Waals surface area contributed by atoms with Gasteiger partial charge in [0.25, 0.3) is 0 Å². The van der Waals surface area contributed by atoms with Crippen molar-refractivity contribution in [3.63, 3.8) is 0 Å². The van der Waals surface area contributed by atoms with Gasteiger partial charge < -0.3 is 20.3 Å². The Morgan fingerprint density at radius 2 is 1.65 bits per heavy atom. The van der Waals surface area contributed by atoms with E-state index >= 15 is 0 Å². The van der Waals surface area contributed by atoms with Crippen LogP contribution in [0, 0.1) is 0 Å². The molecule has 1 atom stereocenters. The van der Waals surface area contributed by atoms with Gasteiger partial charge in [0.15, 0.2) is 0 Å². The van der Waals surface area contributed by atoms with Gasteiger partial charge in [-0.3, -0.25) is 0 Å². The maximum atomic E-state index is 9.79. The van der Waals surface area contributed by atoms with Crippen LogP contribution in [-0.2, 0) is 11.3 Å². The number of hydrogen-bond acceptors (Lipinski definition) is 4. The smallest absolute Gasteiger partial charge is 0.142 e. The van der Waals surface area contributed by atoms with Gasteiger partial charge in [-0.25, -0.2) is 0 Å². The van der Waals surface area contributed by atoms with Gasteiger partial charge in [0, 0.05) is 0 Å². The molecule has 0 spiro atoms. The summed E-state index contributed by atoms with van der Waals surface area (Å²) in [7, 11) is 0. The molecule has 0 amide bonds. The van der Waals surface area contributed by atoms with Crippen molar-refractivity contribution in [2.45, 2.75) is 12.7 Å². The van der Waals surface area contributed by atoms with Gasteiger partial charge in [0.1, 0.15) is 18.5 Å².